The van der Waals surface area contributed by atoms with Crippen molar-refractivity contribution in [1.82, 2.24) is 10.2 Å². The first-order chi connectivity index (χ1) is 12.6. The van der Waals surface area contributed by atoms with Crippen LogP contribution in [-0.4, -0.2) is 29.8 Å². The number of anilines is 1. The molecule has 1 aliphatic rings. The summed E-state index contributed by atoms with van der Waals surface area (Å²) in [6, 6.07) is 17.2. The summed E-state index contributed by atoms with van der Waals surface area (Å²) in [5.74, 6) is 0.131. The predicted octanol–water partition coefficient (Wildman–Crippen LogP) is 3.10. The fourth-order valence-corrected chi connectivity index (χ4v) is 3.31. The number of para-hydroxylation sites is 1. The average molecular weight is 388 g/mol. The number of amides is 2. The molecule has 5 nitrogen and oxygen atoms in total. The minimum absolute atomic E-state index is 0. The normalized spacial score (nSPS) is 14.5. The Hall–Kier alpha value is -2.53. The number of nitrogens with two attached hydrogens (primary N) is 1. The zero-order valence-electron chi connectivity index (χ0n) is 15.3. The highest BCUT2D eigenvalue weighted by Crippen LogP contribution is 2.19. The fraction of sp³-hybridized carbons (Fsp3) is 0.333. The molecule has 3 rings (SSSR count). The number of halogens is 1. The zero-order valence-corrected chi connectivity index (χ0v) is 16.1. The van der Waals surface area contributed by atoms with Crippen LogP contribution in [0.5, 0.6) is 0 Å². The monoisotopic (exact) mass is 387 g/mol. The standard InChI is InChI=1S/C21H25N3O2.ClH/c22-18-10-5-4-7-16(18)12-13-20(25)23-19(17-8-2-1-3-9-17)15-24-14-6-11-21(24)26;/h1-5,7-10,19H,6,11-15,22H2,(H,23,25);1H. The lowest BCUT2D eigenvalue weighted by Crippen LogP contribution is -2.38. The molecule has 2 aromatic rings. The van der Waals surface area contributed by atoms with Crippen LogP contribution < -0.4 is 11.1 Å². The smallest absolute Gasteiger partial charge is 0.222 e. The van der Waals surface area contributed by atoms with Crippen LogP contribution in [0, 0.1) is 0 Å². The molecule has 0 aliphatic carbocycles. The summed E-state index contributed by atoms with van der Waals surface area (Å²) in [6.07, 6.45) is 2.46. The second-order valence-electron chi connectivity index (χ2n) is 6.67. The molecule has 1 atom stereocenters. The molecule has 27 heavy (non-hydrogen) atoms. The molecule has 2 amide bonds. The summed E-state index contributed by atoms with van der Waals surface area (Å²) in [6.45, 7) is 1.28. The highest BCUT2D eigenvalue weighted by molar-refractivity contribution is 5.85. The molecule has 1 aliphatic heterocycles. The van der Waals surface area contributed by atoms with Gasteiger partial charge in [0.15, 0.2) is 0 Å². The first-order valence-corrected chi connectivity index (χ1v) is 9.09. The van der Waals surface area contributed by atoms with Gasteiger partial charge in [-0.15, -0.1) is 12.4 Å². The van der Waals surface area contributed by atoms with Crippen molar-refractivity contribution in [2.24, 2.45) is 0 Å². The molecule has 0 bridgehead atoms. The summed E-state index contributed by atoms with van der Waals surface area (Å²) in [5, 5.41) is 3.10. The van der Waals surface area contributed by atoms with Gasteiger partial charge in [0, 0.05) is 31.6 Å². The van der Waals surface area contributed by atoms with E-state index in [-0.39, 0.29) is 30.3 Å². The van der Waals surface area contributed by atoms with Crippen LogP contribution in [0.4, 0.5) is 5.69 Å². The number of carbonyl (C=O) groups is 2. The Kier molecular flexibility index (Phi) is 7.67. The van der Waals surface area contributed by atoms with E-state index in [0.29, 0.717) is 31.5 Å². The highest BCUT2D eigenvalue weighted by Gasteiger charge is 2.25. The molecular weight excluding hydrogens is 362 g/mol. The Morgan fingerprint density at radius 1 is 1.11 bits per heavy atom. The molecule has 0 saturated carbocycles. The number of hydrogen-bond donors (Lipinski definition) is 2. The van der Waals surface area contributed by atoms with E-state index >= 15 is 0 Å². The maximum Gasteiger partial charge on any atom is 0.222 e. The zero-order chi connectivity index (χ0) is 18.4. The summed E-state index contributed by atoms with van der Waals surface area (Å²) in [7, 11) is 0. The minimum atomic E-state index is -0.195. The van der Waals surface area contributed by atoms with Crippen molar-refractivity contribution < 1.29 is 9.59 Å². The maximum atomic E-state index is 12.5. The third-order valence-corrected chi connectivity index (χ3v) is 4.79. The van der Waals surface area contributed by atoms with Crippen molar-refractivity contribution in [3.8, 4) is 0 Å². The first kappa shape index (κ1) is 20.8. The largest absolute Gasteiger partial charge is 0.399 e. The van der Waals surface area contributed by atoms with E-state index in [1.54, 1.807) is 0 Å². The van der Waals surface area contributed by atoms with Gasteiger partial charge in [0.2, 0.25) is 11.8 Å². The molecule has 1 heterocycles. The van der Waals surface area contributed by atoms with Crippen LogP contribution in [-0.2, 0) is 16.0 Å². The summed E-state index contributed by atoms with van der Waals surface area (Å²) >= 11 is 0. The first-order valence-electron chi connectivity index (χ1n) is 9.09. The van der Waals surface area contributed by atoms with Crippen molar-refractivity contribution in [2.45, 2.75) is 31.7 Å². The van der Waals surface area contributed by atoms with Gasteiger partial charge in [0.05, 0.1) is 6.04 Å². The van der Waals surface area contributed by atoms with Crippen LogP contribution in [0.25, 0.3) is 0 Å². The fourth-order valence-electron chi connectivity index (χ4n) is 3.31. The third-order valence-electron chi connectivity index (χ3n) is 4.79. The van der Waals surface area contributed by atoms with E-state index in [1.165, 1.54) is 0 Å². The molecule has 1 saturated heterocycles. The average Bonchev–Trinajstić information content (AvgIpc) is 3.06. The number of nitrogens with zero attached hydrogens (tertiary/aromatic N) is 1. The second kappa shape index (κ2) is 9.97. The summed E-state index contributed by atoms with van der Waals surface area (Å²) < 4.78 is 0. The van der Waals surface area contributed by atoms with Gasteiger partial charge < -0.3 is 16.0 Å². The number of hydrogen-bond acceptors (Lipinski definition) is 3. The maximum absolute atomic E-state index is 12.5. The van der Waals surface area contributed by atoms with Crippen molar-refractivity contribution in [1.29, 1.82) is 0 Å². The van der Waals surface area contributed by atoms with Crippen LogP contribution in [0.2, 0.25) is 0 Å². The molecule has 6 heteroatoms. The molecule has 2 aromatic carbocycles. The number of carbonyl (C=O) groups excluding carboxylic acids is 2. The predicted molar refractivity (Wildman–Crippen MR) is 110 cm³/mol. The molecule has 0 radical (unpaired) electrons. The Labute approximate surface area is 166 Å². The van der Waals surface area contributed by atoms with Crippen molar-refractivity contribution in [3.05, 3.63) is 65.7 Å². The lowest BCUT2D eigenvalue weighted by molar-refractivity contribution is -0.129. The van der Waals surface area contributed by atoms with E-state index in [0.717, 1.165) is 24.1 Å². The SMILES string of the molecule is Cl.Nc1ccccc1CCC(=O)NC(CN1CCCC1=O)c1ccccc1. The van der Waals surface area contributed by atoms with Gasteiger partial charge in [0.25, 0.3) is 0 Å². The summed E-state index contributed by atoms with van der Waals surface area (Å²) in [4.78, 5) is 26.3. The van der Waals surface area contributed by atoms with Crippen molar-refractivity contribution in [2.75, 3.05) is 18.8 Å². The van der Waals surface area contributed by atoms with Crippen LogP contribution in [0.3, 0.4) is 0 Å². The highest BCUT2D eigenvalue weighted by atomic mass is 35.5. The number of benzene rings is 2. The molecule has 0 spiro atoms. The second-order valence-corrected chi connectivity index (χ2v) is 6.67. The summed E-state index contributed by atoms with van der Waals surface area (Å²) in [5.41, 5.74) is 8.65. The van der Waals surface area contributed by atoms with E-state index in [2.05, 4.69) is 5.32 Å². The Balaban J connectivity index is 0.00000261. The van der Waals surface area contributed by atoms with Gasteiger partial charge in [-0.2, -0.15) is 0 Å². The van der Waals surface area contributed by atoms with E-state index < -0.39 is 0 Å². The van der Waals surface area contributed by atoms with E-state index in [4.69, 9.17) is 5.73 Å². The van der Waals surface area contributed by atoms with E-state index in [1.807, 2.05) is 59.5 Å². The molecule has 0 aromatic heterocycles. The number of rotatable bonds is 7. The van der Waals surface area contributed by atoms with Gasteiger partial charge in [-0.25, -0.2) is 0 Å². The van der Waals surface area contributed by atoms with Gasteiger partial charge >= 0.3 is 0 Å². The van der Waals surface area contributed by atoms with Gasteiger partial charge in [-0.3, -0.25) is 9.59 Å². The minimum Gasteiger partial charge on any atom is -0.399 e. The van der Waals surface area contributed by atoms with Gasteiger partial charge in [-0.1, -0.05) is 48.5 Å². The molecule has 1 unspecified atom stereocenters. The third kappa shape index (κ3) is 5.73. The number of nitrogen functional groups attached to an aromatic ring is 1. The number of likely N-dealkylation sites (tertiary alicyclic amines) is 1. The van der Waals surface area contributed by atoms with Crippen molar-refractivity contribution >= 4 is 29.9 Å². The molecule has 144 valence electrons. The Morgan fingerprint density at radius 2 is 1.81 bits per heavy atom. The van der Waals surface area contributed by atoms with Gasteiger partial charge in [-0.05, 0) is 30.0 Å². The van der Waals surface area contributed by atoms with Crippen LogP contribution >= 0.6 is 12.4 Å². The van der Waals surface area contributed by atoms with E-state index in [9.17, 15) is 9.59 Å². The Bertz CT molecular complexity index is 767. The van der Waals surface area contributed by atoms with Gasteiger partial charge in [0.1, 0.15) is 0 Å². The molecular formula is C21H26ClN3O2. The lowest BCUT2D eigenvalue weighted by Gasteiger charge is -2.25. The quantitative estimate of drug-likeness (QED) is 0.717. The number of aryl methyl sites for hydroxylation is 1. The van der Waals surface area contributed by atoms with Crippen LogP contribution in [0.15, 0.2) is 54.6 Å². The molecule has 1 fully saturated rings. The van der Waals surface area contributed by atoms with Crippen molar-refractivity contribution in [3.63, 3.8) is 0 Å². The number of nitrogens with one attached hydrogen (secondary N) is 1. The Morgan fingerprint density at radius 3 is 2.48 bits per heavy atom. The van der Waals surface area contributed by atoms with Crippen LogP contribution in [0.1, 0.15) is 36.4 Å². The lowest BCUT2D eigenvalue weighted by atomic mass is 10.0. The molecule has 3 N–H and O–H groups in total. The topological polar surface area (TPSA) is 75.4 Å².